The van der Waals surface area contributed by atoms with Gasteiger partial charge >= 0.3 is 0 Å². The van der Waals surface area contributed by atoms with Crippen molar-refractivity contribution in [2.45, 2.75) is 31.7 Å². The third-order valence-corrected chi connectivity index (χ3v) is 6.72. The molecule has 0 unspecified atom stereocenters. The first-order chi connectivity index (χ1) is 18.0. The molecule has 13 heteroatoms. The lowest BCUT2D eigenvalue weighted by Crippen LogP contribution is -2.48. The van der Waals surface area contributed by atoms with E-state index >= 15 is 4.39 Å². The summed E-state index contributed by atoms with van der Waals surface area (Å²) in [5.41, 5.74) is -3.10. The van der Waals surface area contributed by atoms with Crippen molar-refractivity contribution in [2.75, 3.05) is 31.1 Å². The Morgan fingerprint density at radius 1 is 1.08 bits per heavy atom. The van der Waals surface area contributed by atoms with E-state index in [2.05, 4.69) is 15.6 Å². The topological polar surface area (TPSA) is 79.3 Å². The van der Waals surface area contributed by atoms with Gasteiger partial charge in [0.25, 0.3) is 11.8 Å². The van der Waals surface area contributed by atoms with Crippen molar-refractivity contribution >= 4 is 22.8 Å². The molecule has 1 saturated carbocycles. The molecule has 2 aliphatic rings. The molecule has 1 amide bonds. The first-order valence-corrected chi connectivity index (χ1v) is 12.0. The van der Waals surface area contributed by atoms with Gasteiger partial charge < -0.3 is 15.5 Å². The highest BCUT2D eigenvalue weighted by atomic mass is 19.3. The van der Waals surface area contributed by atoms with Crippen LogP contribution in [0.4, 0.5) is 32.2 Å². The number of benzene rings is 1. The van der Waals surface area contributed by atoms with Crippen molar-refractivity contribution < 1.29 is 31.1 Å². The fraction of sp³-hybridized carbons (Fsp3) is 0.400. The Morgan fingerprint density at radius 3 is 2.29 bits per heavy atom. The van der Waals surface area contributed by atoms with Crippen LogP contribution in [0.5, 0.6) is 0 Å². The monoisotopic (exact) mass is 539 g/mol. The highest BCUT2D eigenvalue weighted by Gasteiger charge is 2.46. The van der Waals surface area contributed by atoms with Gasteiger partial charge in [-0.1, -0.05) is 0 Å². The molecule has 0 bridgehead atoms. The van der Waals surface area contributed by atoms with Crippen LogP contribution in [0.2, 0.25) is 0 Å². The second kappa shape index (κ2) is 9.61. The lowest BCUT2D eigenvalue weighted by atomic mass is 10.1. The van der Waals surface area contributed by atoms with Crippen LogP contribution in [0, 0.1) is 29.2 Å². The van der Waals surface area contributed by atoms with Gasteiger partial charge in [0.05, 0.1) is 11.4 Å². The maximum Gasteiger partial charge on any atom is 0.265 e. The summed E-state index contributed by atoms with van der Waals surface area (Å²) in [6.07, 6.45) is 1.65. The lowest BCUT2D eigenvalue weighted by molar-refractivity contribution is -0.0239. The Kier molecular flexibility index (Phi) is 6.58. The summed E-state index contributed by atoms with van der Waals surface area (Å²) < 4.78 is 87.6. The van der Waals surface area contributed by atoms with Crippen LogP contribution in [-0.4, -0.2) is 53.6 Å². The number of nitrogens with zero attached hydrogens (tertiary/aromatic N) is 3. The molecule has 2 N–H and O–H groups in total. The summed E-state index contributed by atoms with van der Waals surface area (Å²) in [6, 6.07) is -0.00273. The maximum atomic E-state index is 15.2. The second-order valence-corrected chi connectivity index (χ2v) is 9.61. The minimum absolute atomic E-state index is 0.188. The quantitative estimate of drug-likeness (QED) is 0.469. The van der Waals surface area contributed by atoms with E-state index in [1.54, 1.807) is 4.90 Å². The number of piperazine rings is 1. The van der Waals surface area contributed by atoms with Crippen LogP contribution in [0.15, 0.2) is 29.2 Å². The Morgan fingerprint density at radius 2 is 1.71 bits per heavy atom. The third kappa shape index (κ3) is 4.82. The number of alkyl halides is 2. The van der Waals surface area contributed by atoms with Gasteiger partial charge in [0.1, 0.15) is 17.1 Å². The molecule has 3 aromatic rings. The van der Waals surface area contributed by atoms with Crippen molar-refractivity contribution in [3.8, 4) is 5.69 Å². The molecule has 38 heavy (non-hydrogen) atoms. The van der Waals surface area contributed by atoms with Gasteiger partial charge in [0, 0.05) is 51.4 Å². The maximum absolute atomic E-state index is 15.2. The summed E-state index contributed by atoms with van der Waals surface area (Å²) in [5, 5.41) is 4.73. The smallest absolute Gasteiger partial charge is 0.265 e. The standard InChI is InChI=1S/C25H23F6N5O2/c1-25(30,31)21(12-2-3-12)33-24(38)15-11-36(19-16(27)8-13(26)9-17(19)28)22-14(20(15)37)10-18(29)23(34-22)35-6-4-32-5-7-35/h8-12,21,32H,2-7H2,1H3,(H,33,38)/t21-/m0/s1. The average molecular weight is 539 g/mol. The SMILES string of the molecule is CC(F)(F)[C@@H](NC(=O)c1cn(-c2c(F)cc(F)cc2F)c2nc(N3CCNCC3)c(F)cc2c1=O)C1CC1. The van der Waals surface area contributed by atoms with Crippen molar-refractivity contribution in [3.63, 3.8) is 0 Å². The fourth-order valence-corrected chi connectivity index (χ4v) is 4.72. The molecule has 1 saturated heterocycles. The highest BCUT2D eigenvalue weighted by molar-refractivity contribution is 5.97. The van der Waals surface area contributed by atoms with E-state index in [9.17, 15) is 31.5 Å². The predicted molar refractivity (Wildman–Crippen MR) is 127 cm³/mol. The molecule has 1 aliphatic carbocycles. The van der Waals surface area contributed by atoms with Gasteiger partial charge in [-0.2, -0.15) is 0 Å². The van der Waals surface area contributed by atoms with Crippen molar-refractivity contribution in [1.29, 1.82) is 0 Å². The lowest BCUT2D eigenvalue weighted by Gasteiger charge is -2.29. The summed E-state index contributed by atoms with van der Waals surface area (Å²) in [5.74, 6) is -10.1. The van der Waals surface area contributed by atoms with Crippen molar-refractivity contribution in [2.24, 2.45) is 5.92 Å². The summed E-state index contributed by atoms with van der Waals surface area (Å²) in [6.45, 7) is 2.36. The molecule has 202 valence electrons. The minimum atomic E-state index is -3.31. The number of rotatable bonds is 6. The summed E-state index contributed by atoms with van der Waals surface area (Å²) in [7, 11) is 0. The van der Waals surface area contributed by atoms with E-state index in [1.165, 1.54) is 0 Å². The van der Waals surface area contributed by atoms with Crippen molar-refractivity contribution in [3.05, 3.63) is 63.5 Å². The number of nitrogens with one attached hydrogen (secondary N) is 2. The van der Waals surface area contributed by atoms with Crippen LogP contribution in [0.1, 0.15) is 30.1 Å². The zero-order chi connectivity index (χ0) is 27.4. The molecule has 5 rings (SSSR count). The number of amides is 1. The largest absolute Gasteiger partial charge is 0.352 e. The number of carbonyl (C=O) groups is 1. The zero-order valence-electron chi connectivity index (χ0n) is 20.1. The Hall–Kier alpha value is -3.61. The number of hydrogen-bond acceptors (Lipinski definition) is 5. The zero-order valence-corrected chi connectivity index (χ0v) is 20.1. The first kappa shape index (κ1) is 26.0. The van der Waals surface area contributed by atoms with E-state index in [0.29, 0.717) is 62.6 Å². The van der Waals surface area contributed by atoms with Gasteiger partial charge in [-0.15, -0.1) is 0 Å². The van der Waals surface area contributed by atoms with Crippen LogP contribution in [0.3, 0.4) is 0 Å². The number of anilines is 1. The molecule has 0 spiro atoms. The number of hydrogen-bond donors (Lipinski definition) is 2. The van der Waals surface area contributed by atoms with Gasteiger partial charge in [-0.25, -0.2) is 31.3 Å². The molecule has 0 radical (unpaired) electrons. The summed E-state index contributed by atoms with van der Waals surface area (Å²) >= 11 is 0. The molecular formula is C25H23F6N5O2. The van der Waals surface area contributed by atoms with E-state index < -0.39 is 74.8 Å². The molecule has 3 heterocycles. The molecular weight excluding hydrogens is 516 g/mol. The average Bonchev–Trinajstić information content (AvgIpc) is 3.68. The van der Waals surface area contributed by atoms with Crippen molar-refractivity contribution in [1.82, 2.24) is 20.2 Å². The van der Waals surface area contributed by atoms with Crippen LogP contribution in [0.25, 0.3) is 16.7 Å². The molecule has 7 nitrogen and oxygen atoms in total. The van der Waals surface area contributed by atoms with Crippen LogP contribution in [-0.2, 0) is 0 Å². The Labute approximate surface area is 212 Å². The fourth-order valence-electron chi connectivity index (χ4n) is 4.72. The third-order valence-electron chi connectivity index (χ3n) is 6.72. The second-order valence-electron chi connectivity index (χ2n) is 9.61. The van der Waals surface area contributed by atoms with Gasteiger partial charge in [-0.05, 0) is 24.8 Å². The minimum Gasteiger partial charge on any atom is -0.352 e. The number of aromatic nitrogens is 2. The van der Waals surface area contributed by atoms with E-state index in [1.807, 2.05) is 0 Å². The number of fused-ring (bicyclic) bond motifs is 1. The predicted octanol–water partition coefficient (Wildman–Crippen LogP) is 3.52. The Bertz CT molecular complexity index is 1450. The number of carbonyl (C=O) groups excluding carboxylic acids is 1. The highest BCUT2D eigenvalue weighted by Crippen LogP contribution is 2.39. The Balaban J connectivity index is 1.72. The number of pyridine rings is 2. The number of halogens is 6. The van der Waals surface area contributed by atoms with Gasteiger partial charge in [-0.3, -0.25) is 14.2 Å². The van der Waals surface area contributed by atoms with E-state index in [0.717, 1.165) is 12.3 Å². The first-order valence-electron chi connectivity index (χ1n) is 12.0. The molecule has 2 fully saturated rings. The molecule has 1 aromatic carbocycles. The molecule has 1 atom stereocenters. The summed E-state index contributed by atoms with van der Waals surface area (Å²) in [4.78, 5) is 32.1. The van der Waals surface area contributed by atoms with Crippen LogP contribution < -0.4 is 21.0 Å². The molecule has 1 aliphatic heterocycles. The normalized spacial score (nSPS) is 17.1. The molecule has 2 aromatic heterocycles. The van der Waals surface area contributed by atoms with Gasteiger partial charge in [0.15, 0.2) is 28.9 Å². The van der Waals surface area contributed by atoms with Gasteiger partial charge in [0.2, 0.25) is 5.43 Å². The van der Waals surface area contributed by atoms with E-state index in [4.69, 9.17) is 0 Å². The van der Waals surface area contributed by atoms with Crippen LogP contribution >= 0.6 is 0 Å². The van der Waals surface area contributed by atoms with E-state index in [-0.39, 0.29) is 5.82 Å².